The second-order valence-corrected chi connectivity index (χ2v) is 7.56. The molecule has 2 aromatic carbocycles. The number of carbonyl (C=O) groups excluding carboxylic acids is 1. The topological polar surface area (TPSA) is 96.7 Å². The van der Waals surface area contributed by atoms with E-state index in [-0.39, 0.29) is 6.61 Å². The van der Waals surface area contributed by atoms with E-state index in [0.717, 1.165) is 11.3 Å². The molecule has 1 unspecified atom stereocenters. The number of ether oxygens (including phenoxy) is 4. The Bertz CT molecular complexity index is 1220. The third-order valence-electron chi connectivity index (χ3n) is 5.50. The highest BCUT2D eigenvalue weighted by molar-refractivity contribution is 5.92. The molecule has 178 valence electrons. The van der Waals surface area contributed by atoms with Crippen LogP contribution in [0.15, 0.2) is 53.7 Å². The minimum Gasteiger partial charge on any atom is -0.497 e. The fourth-order valence-corrected chi connectivity index (χ4v) is 3.95. The zero-order valence-corrected chi connectivity index (χ0v) is 19.9. The maximum Gasteiger partial charge on any atom is 0.338 e. The SMILES string of the molecule is CCOC(=O)C1=C(C)Nc2nc(-c3ccc(OCC)cc3)nn2C1c1cc(OC)ccc1OC. The number of rotatable bonds is 8. The first-order valence-electron chi connectivity index (χ1n) is 11.1. The summed E-state index contributed by atoms with van der Waals surface area (Å²) in [7, 11) is 3.17. The van der Waals surface area contributed by atoms with Gasteiger partial charge in [-0.15, -0.1) is 5.10 Å². The molecular weight excluding hydrogens is 436 g/mol. The molecule has 0 bridgehead atoms. The fraction of sp³-hybridized carbons (Fsp3) is 0.320. The smallest absolute Gasteiger partial charge is 0.338 e. The van der Waals surface area contributed by atoms with Crippen molar-refractivity contribution in [3.8, 4) is 28.6 Å². The van der Waals surface area contributed by atoms with Crippen LogP contribution in [0.2, 0.25) is 0 Å². The van der Waals surface area contributed by atoms with Gasteiger partial charge >= 0.3 is 5.97 Å². The molecule has 0 amide bonds. The van der Waals surface area contributed by atoms with Crippen molar-refractivity contribution in [2.75, 3.05) is 32.8 Å². The Balaban J connectivity index is 1.86. The summed E-state index contributed by atoms with van der Waals surface area (Å²) >= 11 is 0. The number of allylic oxidation sites excluding steroid dienone is 1. The molecule has 4 rings (SSSR count). The molecule has 2 heterocycles. The fourth-order valence-electron chi connectivity index (χ4n) is 3.95. The van der Waals surface area contributed by atoms with Crippen molar-refractivity contribution in [3.05, 3.63) is 59.3 Å². The van der Waals surface area contributed by atoms with Crippen molar-refractivity contribution >= 4 is 11.9 Å². The van der Waals surface area contributed by atoms with Gasteiger partial charge in [0.15, 0.2) is 5.82 Å². The van der Waals surface area contributed by atoms with Crippen LogP contribution in [-0.2, 0) is 9.53 Å². The van der Waals surface area contributed by atoms with Gasteiger partial charge in [0.25, 0.3) is 0 Å². The zero-order valence-electron chi connectivity index (χ0n) is 19.9. The monoisotopic (exact) mass is 464 g/mol. The van der Waals surface area contributed by atoms with Crippen LogP contribution >= 0.6 is 0 Å². The Morgan fingerprint density at radius 2 is 1.76 bits per heavy atom. The number of methoxy groups -OCH3 is 2. The van der Waals surface area contributed by atoms with Crippen LogP contribution in [0.4, 0.5) is 5.95 Å². The molecule has 1 aromatic heterocycles. The molecule has 0 radical (unpaired) electrons. The second kappa shape index (κ2) is 9.86. The molecule has 0 saturated heterocycles. The largest absolute Gasteiger partial charge is 0.497 e. The zero-order chi connectivity index (χ0) is 24.2. The van der Waals surface area contributed by atoms with Crippen molar-refractivity contribution in [2.24, 2.45) is 0 Å². The van der Waals surface area contributed by atoms with E-state index in [1.165, 1.54) is 0 Å². The summed E-state index contributed by atoms with van der Waals surface area (Å²) in [5, 5.41) is 7.98. The van der Waals surface area contributed by atoms with Crippen LogP contribution in [0.25, 0.3) is 11.4 Å². The van der Waals surface area contributed by atoms with Gasteiger partial charge in [-0.25, -0.2) is 9.48 Å². The van der Waals surface area contributed by atoms with Crippen molar-refractivity contribution in [2.45, 2.75) is 26.8 Å². The van der Waals surface area contributed by atoms with E-state index in [2.05, 4.69) is 5.32 Å². The number of hydrogen-bond acceptors (Lipinski definition) is 8. The first kappa shape index (κ1) is 23.2. The Morgan fingerprint density at radius 3 is 2.41 bits per heavy atom. The van der Waals surface area contributed by atoms with Crippen molar-refractivity contribution in [1.82, 2.24) is 14.8 Å². The standard InChI is InChI=1S/C25H28N4O5/c1-6-33-17-10-8-16(9-11-17)23-27-25-26-15(3)21(24(30)34-7-2)22(29(25)28-23)19-14-18(31-4)12-13-20(19)32-5/h8-14,22H,6-7H2,1-5H3,(H,26,27,28). The van der Waals surface area contributed by atoms with E-state index >= 15 is 0 Å². The predicted molar refractivity (Wildman–Crippen MR) is 127 cm³/mol. The minimum absolute atomic E-state index is 0.249. The lowest BCUT2D eigenvalue weighted by Gasteiger charge is -2.29. The van der Waals surface area contributed by atoms with Crippen LogP contribution in [0.5, 0.6) is 17.2 Å². The highest BCUT2D eigenvalue weighted by Crippen LogP contribution is 2.41. The summed E-state index contributed by atoms with van der Waals surface area (Å²) in [6.45, 7) is 6.37. The van der Waals surface area contributed by atoms with Gasteiger partial charge in [-0.3, -0.25) is 0 Å². The third-order valence-corrected chi connectivity index (χ3v) is 5.50. The van der Waals surface area contributed by atoms with Crippen molar-refractivity contribution in [1.29, 1.82) is 0 Å². The normalized spacial score (nSPS) is 14.8. The van der Waals surface area contributed by atoms with Gasteiger partial charge in [-0.2, -0.15) is 4.98 Å². The van der Waals surface area contributed by atoms with Crippen LogP contribution in [0, 0.1) is 0 Å². The van der Waals surface area contributed by atoms with Crippen LogP contribution in [0.3, 0.4) is 0 Å². The van der Waals surface area contributed by atoms with Gasteiger partial charge in [0.2, 0.25) is 5.95 Å². The van der Waals surface area contributed by atoms with Crippen LogP contribution in [-0.4, -0.2) is 48.2 Å². The number of anilines is 1. The number of benzene rings is 2. The molecule has 1 aliphatic heterocycles. The number of esters is 1. The lowest BCUT2D eigenvalue weighted by Crippen LogP contribution is -2.30. The van der Waals surface area contributed by atoms with Gasteiger partial charge < -0.3 is 24.3 Å². The lowest BCUT2D eigenvalue weighted by atomic mass is 9.94. The Morgan fingerprint density at radius 1 is 1.03 bits per heavy atom. The lowest BCUT2D eigenvalue weighted by molar-refractivity contribution is -0.139. The van der Waals surface area contributed by atoms with Gasteiger partial charge in [0.05, 0.1) is 33.0 Å². The number of hydrogen-bond donors (Lipinski definition) is 1. The molecule has 1 N–H and O–H groups in total. The highest BCUT2D eigenvalue weighted by Gasteiger charge is 2.37. The Hall–Kier alpha value is -4.01. The van der Waals surface area contributed by atoms with E-state index in [4.69, 9.17) is 29.0 Å². The quantitative estimate of drug-likeness (QED) is 0.495. The van der Waals surface area contributed by atoms with E-state index in [0.29, 0.717) is 46.7 Å². The van der Waals surface area contributed by atoms with Gasteiger partial charge in [-0.1, -0.05) is 0 Å². The van der Waals surface area contributed by atoms with Crippen LogP contribution in [0.1, 0.15) is 32.4 Å². The first-order valence-corrected chi connectivity index (χ1v) is 11.1. The summed E-state index contributed by atoms with van der Waals surface area (Å²) in [4.78, 5) is 17.8. The molecule has 0 aliphatic carbocycles. The van der Waals surface area contributed by atoms with Crippen molar-refractivity contribution in [3.63, 3.8) is 0 Å². The molecule has 34 heavy (non-hydrogen) atoms. The van der Waals surface area contributed by atoms with E-state index in [9.17, 15) is 4.79 Å². The number of nitrogens with one attached hydrogen (secondary N) is 1. The average molecular weight is 465 g/mol. The maximum absolute atomic E-state index is 13.1. The molecule has 0 fully saturated rings. The molecule has 1 aliphatic rings. The van der Waals surface area contributed by atoms with E-state index in [1.54, 1.807) is 38.0 Å². The second-order valence-electron chi connectivity index (χ2n) is 7.56. The van der Waals surface area contributed by atoms with Crippen molar-refractivity contribution < 1.29 is 23.7 Å². The Labute approximate surface area is 198 Å². The summed E-state index contributed by atoms with van der Waals surface area (Å²) in [6.07, 6.45) is 0. The van der Waals surface area contributed by atoms with E-state index < -0.39 is 12.0 Å². The molecule has 9 heteroatoms. The minimum atomic E-state index is -0.635. The third kappa shape index (κ3) is 4.28. The summed E-state index contributed by atoms with van der Waals surface area (Å²) in [5.41, 5.74) is 2.57. The van der Waals surface area contributed by atoms with Gasteiger partial charge in [0.1, 0.15) is 23.3 Å². The van der Waals surface area contributed by atoms with Gasteiger partial charge in [0, 0.05) is 16.8 Å². The highest BCUT2D eigenvalue weighted by atomic mass is 16.5. The number of fused-ring (bicyclic) bond motifs is 1. The molecule has 0 saturated carbocycles. The predicted octanol–water partition coefficient (Wildman–Crippen LogP) is 4.21. The molecule has 3 aromatic rings. The summed E-state index contributed by atoms with van der Waals surface area (Å²) < 4.78 is 23.7. The number of aromatic nitrogens is 3. The molecular formula is C25H28N4O5. The summed E-state index contributed by atoms with van der Waals surface area (Å²) in [5.74, 6) is 2.56. The number of carbonyl (C=O) groups is 1. The summed E-state index contributed by atoms with van der Waals surface area (Å²) in [6, 6.07) is 12.4. The Kier molecular flexibility index (Phi) is 6.72. The average Bonchev–Trinajstić information content (AvgIpc) is 3.27. The van der Waals surface area contributed by atoms with Gasteiger partial charge in [-0.05, 0) is 63.2 Å². The van der Waals surface area contributed by atoms with E-state index in [1.807, 2.05) is 44.2 Å². The molecule has 9 nitrogen and oxygen atoms in total. The molecule has 0 spiro atoms. The van der Waals surface area contributed by atoms with Crippen LogP contribution < -0.4 is 19.5 Å². The maximum atomic E-state index is 13.1. The first-order chi connectivity index (χ1) is 16.5. The number of nitrogens with zero attached hydrogens (tertiary/aromatic N) is 3. The molecule has 1 atom stereocenters.